The van der Waals surface area contributed by atoms with E-state index >= 15 is 4.39 Å². The quantitative estimate of drug-likeness (QED) is 0.572. The fraction of sp³-hybridized carbons (Fsp3) is 0.500. The van der Waals surface area contributed by atoms with E-state index in [2.05, 4.69) is 42.4 Å². The van der Waals surface area contributed by atoms with Gasteiger partial charge in [0.05, 0.1) is 23.5 Å². The maximum absolute atomic E-state index is 15.8. The zero-order chi connectivity index (χ0) is 24.4. The normalized spacial score (nSPS) is 29.7. The first-order valence-electron chi connectivity index (χ1n) is 11.9. The molecular weight excluding hydrogens is 449 g/mol. The topological polar surface area (TPSA) is 129 Å². The Morgan fingerprint density at radius 3 is 2.71 bits per heavy atom. The van der Waals surface area contributed by atoms with Crippen LogP contribution in [0.5, 0.6) is 5.75 Å². The first kappa shape index (κ1) is 21.9. The minimum Gasteiger partial charge on any atom is -0.507 e. The van der Waals surface area contributed by atoms with E-state index in [4.69, 9.17) is 5.26 Å². The van der Waals surface area contributed by atoms with Crippen molar-refractivity contribution in [3.63, 3.8) is 0 Å². The molecule has 2 saturated heterocycles. The molecule has 1 aromatic carbocycles. The molecule has 0 radical (unpaired) electrons. The number of halogens is 1. The summed E-state index contributed by atoms with van der Waals surface area (Å²) in [6.07, 6.45) is 6.52. The lowest BCUT2D eigenvalue weighted by Crippen LogP contribution is -2.66. The number of phenols is 1. The number of piperidine rings is 1. The summed E-state index contributed by atoms with van der Waals surface area (Å²) in [5.41, 5.74) is 0.342. The summed E-state index contributed by atoms with van der Waals surface area (Å²) in [5.74, 6) is 0.827. The number of rotatable bonds is 5. The molecule has 10 nitrogen and oxygen atoms in total. The van der Waals surface area contributed by atoms with Crippen LogP contribution in [0.1, 0.15) is 51.8 Å². The Morgan fingerprint density at radius 2 is 2.06 bits per heavy atom. The molecule has 1 saturated carbocycles. The molecule has 0 unspecified atom stereocenters. The summed E-state index contributed by atoms with van der Waals surface area (Å²) in [4.78, 5) is 10.4. The molecule has 2 aliphatic heterocycles. The molecular formula is C24H26FN9O. The van der Waals surface area contributed by atoms with Crippen LogP contribution in [-0.2, 0) is 0 Å². The average molecular weight is 476 g/mol. The van der Waals surface area contributed by atoms with Crippen LogP contribution in [0, 0.1) is 11.3 Å². The highest BCUT2D eigenvalue weighted by molar-refractivity contribution is 5.66. The van der Waals surface area contributed by atoms with Crippen LogP contribution < -0.4 is 10.2 Å². The second-order valence-corrected chi connectivity index (χ2v) is 10.4. The Bertz CT molecular complexity index is 1320. The van der Waals surface area contributed by atoms with E-state index < -0.39 is 11.7 Å². The van der Waals surface area contributed by atoms with Crippen molar-refractivity contribution in [3.05, 3.63) is 36.5 Å². The number of hydrogen-bond donors (Lipinski definition) is 2. The van der Waals surface area contributed by atoms with E-state index in [0.717, 1.165) is 25.7 Å². The Balaban J connectivity index is 1.28. The highest BCUT2D eigenvalue weighted by Crippen LogP contribution is 2.47. The number of benzene rings is 1. The Morgan fingerprint density at radius 1 is 1.23 bits per heavy atom. The second-order valence-electron chi connectivity index (χ2n) is 10.4. The SMILES string of the molecule is C[C@]12CC[C@](C)(N1)[C@H](F)[C@H](N(c1cnc(-c3ccc(-n4cnc(C#N)n4)cc3O)nn1)C1CC1)C2. The van der Waals surface area contributed by atoms with E-state index in [-0.39, 0.29) is 35.0 Å². The zero-order valence-corrected chi connectivity index (χ0v) is 19.6. The number of nitrogens with zero attached hydrogens (tertiary/aromatic N) is 8. The van der Waals surface area contributed by atoms with E-state index in [1.165, 1.54) is 17.1 Å². The monoisotopic (exact) mass is 475 g/mol. The minimum atomic E-state index is -1.02. The third-order valence-electron chi connectivity index (χ3n) is 7.58. The van der Waals surface area contributed by atoms with Crippen molar-refractivity contribution in [1.82, 2.24) is 35.3 Å². The number of aromatic hydroxyl groups is 1. The number of anilines is 1. The maximum atomic E-state index is 15.8. The van der Waals surface area contributed by atoms with Crippen molar-refractivity contribution < 1.29 is 9.50 Å². The molecule has 1 aliphatic carbocycles. The van der Waals surface area contributed by atoms with Crippen molar-refractivity contribution in [1.29, 1.82) is 5.26 Å². The van der Waals surface area contributed by atoms with Gasteiger partial charge in [-0.2, -0.15) is 5.26 Å². The van der Waals surface area contributed by atoms with Crippen molar-refractivity contribution in [2.75, 3.05) is 4.90 Å². The van der Waals surface area contributed by atoms with Crippen LogP contribution >= 0.6 is 0 Å². The summed E-state index contributed by atoms with van der Waals surface area (Å²) in [5, 5.41) is 35.8. The molecule has 3 fully saturated rings. The van der Waals surface area contributed by atoms with Gasteiger partial charge in [0.15, 0.2) is 11.6 Å². The minimum absolute atomic E-state index is 0.0390. The molecule has 0 spiro atoms. The number of nitriles is 1. The number of phenolic OH excluding ortho intramolecular Hbond substituents is 1. The number of hydrogen-bond acceptors (Lipinski definition) is 9. The average Bonchev–Trinajstić information content (AvgIpc) is 3.48. The summed E-state index contributed by atoms with van der Waals surface area (Å²) >= 11 is 0. The molecule has 2 N–H and O–H groups in total. The second kappa shape index (κ2) is 7.68. The molecule has 6 rings (SSSR count). The first-order chi connectivity index (χ1) is 16.8. The number of alkyl halides is 1. The summed E-state index contributed by atoms with van der Waals surface area (Å²) in [6.45, 7) is 4.17. The zero-order valence-electron chi connectivity index (χ0n) is 19.6. The molecule has 3 aliphatic rings. The highest BCUT2D eigenvalue weighted by atomic mass is 19.1. The lowest BCUT2D eigenvalue weighted by molar-refractivity contribution is 0.0831. The van der Waals surface area contributed by atoms with Crippen LogP contribution in [0.15, 0.2) is 30.7 Å². The van der Waals surface area contributed by atoms with Crippen molar-refractivity contribution >= 4 is 5.82 Å². The number of fused-ring (bicyclic) bond motifs is 2. The van der Waals surface area contributed by atoms with Gasteiger partial charge in [-0.15, -0.1) is 15.3 Å². The van der Waals surface area contributed by atoms with Gasteiger partial charge in [0, 0.05) is 23.2 Å². The largest absolute Gasteiger partial charge is 0.507 e. The molecule has 35 heavy (non-hydrogen) atoms. The number of nitrogens with one attached hydrogen (secondary N) is 1. The van der Waals surface area contributed by atoms with Crippen LogP contribution in [0.4, 0.5) is 10.2 Å². The van der Waals surface area contributed by atoms with Crippen molar-refractivity contribution in [2.24, 2.45) is 0 Å². The summed E-state index contributed by atoms with van der Waals surface area (Å²) < 4.78 is 17.2. The van der Waals surface area contributed by atoms with Gasteiger partial charge >= 0.3 is 0 Å². The Kier molecular flexibility index (Phi) is 4.79. The summed E-state index contributed by atoms with van der Waals surface area (Å²) in [6, 6.07) is 6.72. The van der Waals surface area contributed by atoms with Gasteiger partial charge in [0.1, 0.15) is 24.3 Å². The van der Waals surface area contributed by atoms with Gasteiger partial charge < -0.3 is 15.3 Å². The van der Waals surface area contributed by atoms with Crippen LogP contribution in [0.3, 0.4) is 0 Å². The maximum Gasteiger partial charge on any atom is 0.252 e. The molecule has 4 heterocycles. The molecule has 2 bridgehead atoms. The van der Waals surface area contributed by atoms with E-state index in [0.29, 0.717) is 23.5 Å². The Labute approximate surface area is 201 Å². The van der Waals surface area contributed by atoms with Crippen LogP contribution in [0.25, 0.3) is 17.1 Å². The molecule has 180 valence electrons. The van der Waals surface area contributed by atoms with Gasteiger partial charge in [-0.3, -0.25) is 0 Å². The van der Waals surface area contributed by atoms with E-state index in [1.54, 1.807) is 18.3 Å². The lowest BCUT2D eigenvalue weighted by Gasteiger charge is -2.48. The Hall–Kier alpha value is -3.65. The fourth-order valence-electron chi connectivity index (χ4n) is 5.72. The summed E-state index contributed by atoms with van der Waals surface area (Å²) in [7, 11) is 0. The lowest BCUT2D eigenvalue weighted by atomic mass is 9.82. The predicted molar refractivity (Wildman–Crippen MR) is 125 cm³/mol. The van der Waals surface area contributed by atoms with E-state index in [9.17, 15) is 5.11 Å². The molecule has 2 aromatic heterocycles. The first-order valence-corrected chi connectivity index (χ1v) is 11.9. The van der Waals surface area contributed by atoms with Crippen molar-refractivity contribution in [2.45, 2.75) is 75.3 Å². The molecule has 4 atom stereocenters. The molecule has 0 amide bonds. The van der Waals surface area contributed by atoms with Gasteiger partial charge in [-0.1, -0.05) is 0 Å². The van der Waals surface area contributed by atoms with Gasteiger partial charge in [-0.25, -0.2) is 19.0 Å². The number of aromatic nitrogens is 6. The third kappa shape index (κ3) is 3.69. The van der Waals surface area contributed by atoms with Crippen LogP contribution in [0.2, 0.25) is 0 Å². The van der Waals surface area contributed by atoms with Gasteiger partial charge in [0.25, 0.3) is 5.82 Å². The highest BCUT2D eigenvalue weighted by Gasteiger charge is 2.58. The van der Waals surface area contributed by atoms with Crippen molar-refractivity contribution in [3.8, 4) is 28.9 Å². The molecule has 3 aromatic rings. The molecule has 11 heteroatoms. The van der Waals surface area contributed by atoms with E-state index in [1.807, 2.05) is 13.0 Å². The van der Waals surface area contributed by atoms with Gasteiger partial charge in [-0.05, 0) is 58.1 Å². The van der Waals surface area contributed by atoms with Gasteiger partial charge in [0.2, 0.25) is 0 Å². The smallest absolute Gasteiger partial charge is 0.252 e. The fourth-order valence-corrected chi connectivity index (χ4v) is 5.72. The third-order valence-corrected chi connectivity index (χ3v) is 7.58. The van der Waals surface area contributed by atoms with Crippen LogP contribution in [-0.4, -0.2) is 64.4 Å². The predicted octanol–water partition coefficient (Wildman–Crippen LogP) is 2.68. The standard InChI is InChI=1S/C24H26FN9O/c1-23-7-8-24(2,32-23)21(25)17(10-23)34(14-3-4-14)20-12-27-22(30-29-20)16-6-5-15(9-18(16)35)33-13-28-19(11-26)31-33/h5-6,9,12-14,17,21,32,35H,3-4,7-8,10H2,1-2H3/t17-,21-,23-,24+/m1/s1.